The predicted octanol–water partition coefficient (Wildman–Crippen LogP) is 6.12. The van der Waals surface area contributed by atoms with Crippen LogP contribution in [0.4, 0.5) is 5.82 Å². The zero-order chi connectivity index (χ0) is 56.2. The molecule has 0 spiro atoms. The van der Waals surface area contributed by atoms with E-state index in [1.807, 2.05) is 0 Å². The quantitative estimate of drug-likeness (QED) is 0.0205. The molecule has 29 heteroatoms. The van der Waals surface area contributed by atoms with Crippen molar-refractivity contribution in [1.82, 2.24) is 30.2 Å². The van der Waals surface area contributed by atoms with E-state index in [-0.39, 0.29) is 53.8 Å². The molecule has 0 aromatic carbocycles. The van der Waals surface area contributed by atoms with Crippen LogP contribution in [0.2, 0.25) is 0 Å². The van der Waals surface area contributed by atoms with Crippen molar-refractivity contribution in [2.45, 2.75) is 160 Å². The summed E-state index contributed by atoms with van der Waals surface area (Å²) in [6, 6.07) is 0. The summed E-state index contributed by atoms with van der Waals surface area (Å²) in [4.78, 5) is 88.7. The number of anilines is 1. The highest BCUT2D eigenvalue weighted by Gasteiger charge is 2.50. The maximum atomic E-state index is 12.8. The average molecular weight is 1150 g/mol. The van der Waals surface area contributed by atoms with E-state index in [2.05, 4.69) is 90.0 Å². The highest BCUT2D eigenvalue weighted by Crippen LogP contribution is 2.61. The van der Waals surface area contributed by atoms with Crippen LogP contribution in [-0.4, -0.2) is 134 Å². The number of thioether (sulfide) groups is 1. The van der Waals surface area contributed by atoms with Crippen molar-refractivity contribution in [3.8, 4) is 0 Å². The van der Waals surface area contributed by atoms with Crippen LogP contribution in [0.15, 0.2) is 61.3 Å². The maximum absolute atomic E-state index is 12.8. The molecule has 430 valence electrons. The normalized spacial score (nSPS) is 20.0. The molecule has 25 nitrogen and oxygen atoms in total. The minimum absolute atomic E-state index is 0.00651. The van der Waals surface area contributed by atoms with Gasteiger partial charge in [0.05, 0.1) is 25.6 Å². The highest BCUT2D eigenvalue weighted by atomic mass is 32.2. The summed E-state index contributed by atoms with van der Waals surface area (Å²) >= 11 is 0.990. The van der Waals surface area contributed by atoms with Gasteiger partial charge in [-0.1, -0.05) is 120 Å². The van der Waals surface area contributed by atoms with Gasteiger partial charge in [0.25, 0.3) is 0 Å². The Morgan fingerprint density at radius 2 is 1.45 bits per heavy atom. The van der Waals surface area contributed by atoms with Crippen molar-refractivity contribution in [3.05, 3.63) is 61.3 Å². The molecule has 3 heterocycles. The van der Waals surface area contributed by atoms with E-state index in [4.69, 9.17) is 19.5 Å². The lowest BCUT2D eigenvalue weighted by Crippen LogP contribution is -2.46. The van der Waals surface area contributed by atoms with E-state index in [0.717, 1.165) is 86.8 Å². The first-order chi connectivity index (χ1) is 35.9. The second-order valence-corrected chi connectivity index (χ2v) is 24.0. The maximum Gasteiger partial charge on any atom is 0.481 e. The molecule has 0 aliphatic carbocycles. The number of nitrogens with two attached hydrogens (primary N) is 1. The van der Waals surface area contributed by atoms with Gasteiger partial charge in [-0.25, -0.2) is 28.6 Å². The molecule has 1 fully saturated rings. The number of nitrogens with zero attached hydrogens (tertiary/aromatic N) is 4. The van der Waals surface area contributed by atoms with Crippen molar-refractivity contribution in [2.75, 3.05) is 37.8 Å². The molecule has 3 rings (SSSR count). The summed E-state index contributed by atoms with van der Waals surface area (Å²) in [5.74, 6) is -1.24. The van der Waals surface area contributed by atoms with E-state index < -0.39 is 90.7 Å². The lowest BCUT2D eigenvalue weighted by molar-refractivity contribution is -0.137. The van der Waals surface area contributed by atoms with Crippen LogP contribution >= 0.6 is 35.2 Å². The zero-order valence-corrected chi connectivity index (χ0v) is 46.8. The fourth-order valence-electron chi connectivity index (χ4n) is 7.38. The Labute approximate surface area is 448 Å². The fourth-order valence-corrected chi connectivity index (χ4v) is 11.0. The molecule has 2 aromatic heterocycles. The third kappa shape index (κ3) is 26.4. The van der Waals surface area contributed by atoms with Gasteiger partial charge in [0.2, 0.25) is 11.8 Å². The van der Waals surface area contributed by atoms with Gasteiger partial charge in [0, 0.05) is 37.1 Å². The van der Waals surface area contributed by atoms with Crippen molar-refractivity contribution < 1.29 is 85.6 Å². The van der Waals surface area contributed by atoms with Crippen LogP contribution in [0, 0.1) is 5.41 Å². The topological polar surface area (TPSA) is 384 Å². The summed E-state index contributed by atoms with van der Waals surface area (Å²) in [5, 5.41) is 36.7. The lowest BCUT2D eigenvalue weighted by atomic mass is 9.87. The van der Waals surface area contributed by atoms with Crippen LogP contribution in [0.3, 0.4) is 0 Å². The number of phosphoric ester groups is 3. The summed E-state index contributed by atoms with van der Waals surface area (Å²) in [5.41, 5.74) is 4.25. The van der Waals surface area contributed by atoms with Crippen molar-refractivity contribution in [1.29, 1.82) is 0 Å². The van der Waals surface area contributed by atoms with Crippen LogP contribution in [-0.2, 0) is 50.7 Å². The number of rotatable bonds is 39. The number of unbranched alkanes of at least 4 members (excludes halogenated alkanes) is 8. The van der Waals surface area contributed by atoms with Crippen molar-refractivity contribution in [3.63, 3.8) is 0 Å². The number of nitrogens with one attached hydrogen (secondary N) is 2. The lowest BCUT2D eigenvalue weighted by Gasteiger charge is -2.30. The number of imidazole rings is 1. The number of hydrogen-bond acceptors (Lipinski definition) is 19. The Bertz CT molecular complexity index is 2370. The average Bonchev–Trinajstić information content (AvgIpc) is 3.91. The summed E-state index contributed by atoms with van der Waals surface area (Å²) < 4.78 is 62.5. The van der Waals surface area contributed by atoms with E-state index in [9.17, 15) is 63.0 Å². The van der Waals surface area contributed by atoms with Gasteiger partial charge >= 0.3 is 23.5 Å². The molecule has 2 aromatic rings. The van der Waals surface area contributed by atoms with E-state index >= 15 is 0 Å². The SMILES string of the molecule is CCCCC/C=C\C/C=C\C/C=C\C/C=C\CCCCCCC[C@@H](O)CC(=O)SCCNC(=O)CCNC(=O)[C@H](O)C(C)(C)COP(=O)(O)OP(=O)(O)OC[C@H]1O[C@@H](n2cnc3c(N)ncnc32)[C@H](O)[C@@H]1OP(=O)(O)O. The summed E-state index contributed by atoms with van der Waals surface area (Å²) in [7, 11) is -16.5. The highest BCUT2D eigenvalue weighted by molar-refractivity contribution is 8.13. The van der Waals surface area contributed by atoms with Crippen LogP contribution in [0.1, 0.15) is 130 Å². The van der Waals surface area contributed by atoms with Gasteiger partial charge in [-0.15, -0.1) is 0 Å². The van der Waals surface area contributed by atoms with Gasteiger partial charge in [-0.05, 0) is 51.4 Å². The number of aliphatic hydroxyl groups excluding tert-OH is 3. The molecule has 11 N–H and O–H groups in total. The first kappa shape index (κ1) is 66.8. The molecule has 2 amide bonds. The Morgan fingerprint density at radius 3 is 2.09 bits per heavy atom. The number of nitrogen functional groups attached to an aromatic ring is 1. The number of amides is 2. The molecule has 0 saturated carbocycles. The first-order valence-electron chi connectivity index (χ1n) is 25.3. The monoisotopic (exact) mass is 1150 g/mol. The largest absolute Gasteiger partial charge is 0.481 e. The minimum Gasteiger partial charge on any atom is -0.393 e. The molecular formula is C47H78N7O18P3S. The standard InChI is InChI=1S/C47H78N7O18P3S/c1-4-5-6-7-8-9-10-11-12-13-14-15-16-17-18-19-20-21-22-23-24-25-35(55)30-38(57)76-29-28-49-37(56)26-27-50-45(60)42(59)47(2,3)32-69-75(66,67)72-74(64,65)68-31-36-41(71-73(61,62)63)40(58)46(70-36)54-34-53-39-43(48)51-33-52-44(39)54/h8-9,11-12,14-15,17-18,33-36,40-42,46,55,58-59H,4-7,10,13,16,19-32H2,1-3H3,(H,49,56)(H,50,60)(H,64,65)(H,66,67)(H2,48,51,52)(H2,61,62,63)/b9-8-,12-11-,15-14-,18-17-/t35-,36-,40-,41-,42+,46-/m1/s1. The number of carbonyl (C=O) groups excluding carboxylic acids is 3. The number of aromatic nitrogens is 4. The number of allylic oxidation sites excluding steroid dienone is 8. The molecule has 1 aliphatic heterocycles. The molecule has 0 bridgehead atoms. The number of fused-ring (bicyclic) bond motifs is 1. The fraction of sp³-hybridized carbons (Fsp3) is 0.660. The summed E-state index contributed by atoms with van der Waals surface area (Å²) in [6.45, 7) is 2.59. The number of carbonyl (C=O) groups is 3. The van der Waals surface area contributed by atoms with Crippen LogP contribution < -0.4 is 16.4 Å². The zero-order valence-electron chi connectivity index (χ0n) is 43.3. The Hall–Kier alpha value is -3.52. The van der Waals surface area contributed by atoms with Crippen molar-refractivity contribution in [2.24, 2.45) is 5.41 Å². The van der Waals surface area contributed by atoms with Crippen molar-refractivity contribution >= 4 is 69.1 Å². The molecule has 76 heavy (non-hydrogen) atoms. The smallest absolute Gasteiger partial charge is 0.393 e. The molecule has 2 unspecified atom stereocenters. The van der Waals surface area contributed by atoms with Crippen LogP contribution in [0.25, 0.3) is 11.2 Å². The second-order valence-electron chi connectivity index (χ2n) is 18.6. The molecule has 1 aliphatic rings. The molecular weight excluding hydrogens is 1080 g/mol. The van der Waals surface area contributed by atoms with E-state index in [0.29, 0.717) is 6.42 Å². The van der Waals surface area contributed by atoms with Crippen LogP contribution in [0.5, 0.6) is 0 Å². The second kappa shape index (κ2) is 34.5. The Balaban J connectivity index is 1.24. The van der Waals surface area contributed by atoms with E-state index in [1.54, 1.807) is 0 Å². The van der Waals surface area contributed by atoms with Gasteiger partial charge < -0.3 is 56.0 Å². The third-order valence-electron chi connectivity index (χ3n) is 11.5. The minimum atomic E-state index is -5.59. The predicted molar refractivity (Wildman–Crippen MR) is 285 cm³/mol. The Morgan fingerprint density at radius 1 is 0.842 bits per heavy atom. The number of hydrogen-bond donors (Lipinski definition) is 10. The first-order valence-corrected chi connectivity index (χ1v) is 30.8. The summed E-state index contributed by atoms with van der Waals surface area (Å²) in [6.07, 6.45) is 24.5. The Kier molecular flexibility index (Phi) is 30.3. The van der Waals surface area contributed by atoms with Gasteiger partial charge in [-0.3, -0.25) is 32.5 Å². The number of phosphoric acid groups is 3. The van der Waals surface area contributed by atoms with Gasteiger partial charge in [-0.2, -0.15) is 4.31 Å². The molecule has 0 radical (unpaired) electrons. The van der Waals surface area contributed by atoms with E-state index in [1.165, 1.54) is 39.5 Å². The number of aliphatic hydroxyl groups is 3. The number of ether oxygens (including phenoxy) is 1. The van der Waals surface area contributed by atoms with Gasteiger partial charge in [0.15, 0.2) is 22.8 Å². The molecule has 1 saturated heterocycles. The molecule has 8 atom stereocenters. The van der Waals surface area contributed by atoms with Gasteiger partial charge in [0.1, 0.15) is 36.3 Å². The third-order valence-corrected chi connectivity index (χ3v) is 15.5.